The van der Waals surface area contributed by atoms with Crippen LogP contribution in [0, 0.1) is 33.5 Å². The van der Waals surface area contributed by atoms with E-state index in [1.165, 1.54) is 32.1 Å². The number of piperazine rings is 1. The van der Waals surface area contributed by atoms with Gasteiger partial charge in [-0.15, -0.1) is 0 Å². The molecule has 0 bridgehead atoms. The van der Waals surface area contributed by atoms with Crippen LogP contribution in [0.5, 0.6) is 0 Å². The fourth-order valence-electron chi connectivity index (χ4n) is 12.1. The number of likely N-dealkylation sites (N-methyl/N-ethyl adjacent to an activating group) is 1. The number of ketones is 1. The van der Waals surface area contributed by atoms with Gasteiger partial charge in [0.15, 0.2) is 0 Å². The molecule has 2 aliphatic heterocycles. The number of rotatable bonds is 12. The molecule has 7 aliphatic rings. The molecule has 0 aromatic rings. The fraction of sp³-hybridized carbons (Fsp3) is 0.881. The molecule has 2 heterocycles. The highest BCUT2D eigenvalue weighted by Crippen LogP contribution is 2.88. The number of Topliss-reactive ketones (excluding diaryl/α,β-unsaturated/α-hetero) is 1. The van der Waals surface area contributed by atoms with E-state index in [0.29, 0.717) is 25.3 Å². The Hall–Kier alpha value is -2.73. The summed E-state index contributed by atoms with van der Waals surface area (Å²) in [6, 6.07) is -3.06. The lowest BCUT2D eigenvalue weighted by Crippen LogP contribution is -2.62. The first-order valence-corrected chi connectivity index (χ1v) is 21.4. The zero-order valence-electron chi connectivity index (χ0n) is 34.1. The number of nitrogens with one attached hydrogen (secondary N) is 3. The summed E-state index contributed by atoms with van der Waals surface area (Å²) in [6.45, 7) is 14.7. The van der Waals surface area contributed by atoms with Gasteiger partial charge in [0, 0.05) is 49.7 Å². The van der Waals surface area contributed by atoms with E-state index < -0.39 is 41.1 Å². The molecule has 0 aromatic heterocycles. The molecular weight excluding hydrogens is 683 g/mol. The summed E-state index contributed by atoms with van der Waals surface area (Å²) in [4.78, 5) is 75.4. The van der Waals surface area contributed by atoms with E-state index in [1.807, 2.05) is 20.8 Å². The number of amides is 5. The number of carbonyl (C=O) groups excluding carboxylic acids is 5. The van der Waals surface area contributed by atoms with E-state index >= 15 is 4.79 Å². The Morgan fingerprint density at radius 3 is 2.04 bits per heavy atom. The minimum atomic E-state index is -1.05. The average Bonchev–Trinajstić information content (AvgIpc) is 3.86. The monoisotopic (exact) mass is 752 g/mol. The standard InChI is InChI=1S/C42H69N7O5/c1-38(2,3)33(46-37(54)45-30(28-14-8-7-9-15-28)24-48-21-20-47(6)40(25-48)18-19-40)36(53)49-26-42(39(4,5)41(42)16-11-17-41)23-31(49)35(52)44-29(32(50)34(43)51)22-27-12-10-13-27/h27-31,33H,7-26H2,1-6H3,(H2,43,51)(H,44,52)(H2,45,46,54)/t29?,30-,31+,33-,42-/m1/s1. The lowest BCUT2D eigenvalue weighted by molar-refractivity contribution is -0.143. The molecule has 5 N–H and O–H groups in total. The molecule has 12 heteroatoms. The van der Waals surface area contributed by atoms with Gasteiger partial charge in [0.25, 0.3) is 5.91 Å². The van der Waals surface area contributed by atoms with Gasteiger partial charge >= 0.3 is 6.03 Å². The molecule has 1 unspecified atom stereocenters. The van der Waals surface area contributed by atoms with E-state index in [4.69, 9.17) is 5.73 Å². The summed E-state index contributed by atoms with van der Waals surface area (Å²) in [5.74, 6) is -1.88. The largest absolute Gasteiger partial charge is 0.363 e. The van der Waals surface area contributed by atoms with Gasteiger partial charge in [-0.3, -0.25) is 29.0 Å². The van der Waals surface area contributed by atoms with Crippen molar-refractivity contribution in [2.24, 2.45) is 39.2 Å². The Morgan fingerprint density at radius 1 is 0.815 bits per heavy atom. The maximum Gasteiger partial charge on any atom is 0.315 e. The third kappa shape index (κ3) is 6.87. The SMILES string of the molecule is CN1CCN(C[C@@H](NC(=O)N[C@H](C(=O)N2C[C@]3(C[C@H]2C(=O)NC(CC2CCC2)C(=O)C(N)=O)C(C)(C)C32CCC2)C(C)(C)C)C2CCCCC2)CC12CC2. The minimum Gasteiger partial charge on any atom is -0.363 e. The second-order valence-corrected chi connectivity index (χ2v) is 20.5. The van der Waals surface area contributed by atoms with Crippen molar-refractivity contribution >= 4 is 29.5 Å². The van der Waals surface area contributed by atoms with E-state index in [1.54, 1.807) is 4.90 Å². The second-order valence-electron chi connectivity index (χ2n) is 20.5. The smallest absolute Gasteiger partial charge is 0.315 e. The van der Waals surface area contributed by atoms with Crippen LogP contribution in [0.3, 0.4) is 0 Å². The summed E-state index contributed by atoms with van der Waals surface area (Å²) in [5.41, 5.74) is 4.88. The summed E-state index contributed by atoms with van der Waals surface area (Å²) in [7, 11) is 2.24. The summed E-state index contributed by atoms with van der Waals surface area (Å²) >= 11 is 0. The van der Waals surface area contributed by atoms with Gasteiger partial charge in [-0.1, -0.05) is 79.6 Å². The molecule has 7 fully saturated rings. The number of urea groups is 1. The van der Waals surface area contributed by atoms with Crippen molar-refractivity contribution < 1.29 is 24.0 Å². The Balaban J connectivity index is 1.10. The summed E-state index contributed by atoms with van der Waals surface area (Å²) in [5, 5.41) is 9.47. The predicted molar refractivity (Wildman–Crippen MR) is 207 cm³/mol. The van der Waals surface area contributed by atoms with E-state index in [0.717, 1.165) is 77.5 Å². The summed E-state index contributed by atoms with van der Waals surface area (Å²) in [6.07, 6.45) is 15.3. The minimum absolute atomic E-state index is 0.0186. The first-order chi connectivity index (χ1) is 25.4. The first-order valence-electron chi connectivity index (χ1n) is 21.4. The maximum absolute atomic E-state index is 15.0. The Labute approximate surface area is 323 Å². The maximum atomic E-state index is 15.0. The van der Waals surface area contributed by atoms with Crippen LogP contribution < -0.4 is 21.7 Å². The van der Waals surface area contributed by atoms with Crippen molar-refractivity contribution in [3.05, 3.63) is 0 Å². The van der Waals surface area contributed by atoms with Crippen molar-refractivity contribution in [3.63, 3.8) is 0 Å². The molecule has 3 spiro atoms. The van der Waals surface area contributed by atoms with Crippen molar-refractivity contribution in [2.45, 2.75) is 161 Å². The van der Waals surface area contributed by atoms with Crippen molar-refractivity contribution in [3.8, 4) is 0 Å². The molecule has 54 heavy (non-hydrogen) atoms. The van der Waals surface area contributed by atoms with E-state index in [-0.39, 0.29) is 45.7 Å². The highest BCUT2D eigenvalue weighted by Gasteiger charge is 2.85. The van der Waals surface area contributed by atoms with Crippen LogP contribution in [0.1, 0.15) is 131 Å². The number of hydrogen-bond acceptors (Lipinski definition) is 7. The normalized spacial score (nSPS) is 30.6. The summed E-state index contributed by atoms with van der Waals surface area (Å²) < 4.78 is 0. The predicted octanol–water partition coefficient (Wildman–Crippen LogP) is 3.96. The molecular formula is C42H69N7O5. The highest BCUT2D eigenvalue weighted by atomic mass is 16.2. The van der Waals surface area contributed by atoms with Gasteiger partial charge in [0.1, 0.15) is 12.1 Å². The Morgan fingerprint density at radius 2 is 1.50 bits per heavy atom. The van der Waals surface area contributed by atoms with Gasteiger partial charge < -0.3 is 26.6 Å². The molecule has 5 aliphatic carbocycles. The third-order valence-corrected chi connectivity index (χ3v) is 16.4. The van der Waals surface area contributed by atoms with E-state index in [2.05, 4.69) is 46.6 Å². The lowest BCUT2D eigenvalue weighted by atomic mass is 9.73. The molecule has 7 rings (SSSR count). The quantitative estimate of drug-likeness (QED) is 0.220. The van der Waals surface area contributed by atoms with Gasteiger partial charge in [0.2, 0.25) is 17.6 Å². The lowest BCUT2D eigenvalue weighted by Gasteiger charge is -2.43. The number of hydrogen-bond donors (Lipinski definition) is 4. The number of fused-ring (bicyclic) bond motifs is 1. The van der Waals surface area contributed by atoms with Gasteiger partial charge in [0.05, 0.1) is 6.04 Å². The first kappa shape index (κ1) is 39.5. The van der Waals surface area contributed by atoms with Crippen molar-refractivity contribution in [1.82, 2.24) is 30.7 Å². The topological polar surface area (TPSA) is 157 Å². The number of likely N-dealkylation sites (tertiary alicyclic amines) is 1. The third-order valence-electron chi connectivity index (χ3n) is 16.4. The Bertz CT molecular complexity index is 1490. The molecule has 302 valence electrons. The number of carbonyl (C=O) groups is 5. The zero-order valence-corrected chi connectivity index (χ0v) is 34.1. The molecule has 5 amide bonds. The van der Waals surface area contributed by atoms with Crippen LogP contribution in [0.2, 0.25) is 0 Å². The van der Waals surface area contributed by atoms with Crippen LogP contribution in [0.25, 0.3) is 0 Å². The number of nitrogens with two attached hydrogens (primary N) is 1. The molecule has 0 radical (unpaired) electrons. The van der Waals surface area contributed by atoms with Gasteiger partial charge in [-0.25, -0.2) is 4.79 Å². The van der Waals surface area contributed by atoms with Crippen LogP contribution in [-0.2, 0) is 19.2 Å². The molecule has 5 saturated carbocycles. The number of nitrogens with zero attached hydrogens (tertiary/aromatic N) is 3. The zero-order chi connectivity index (χ0) is 38.8. The average molecular weight is 752 g/mol. The van der Waals surface area contributed by atoms with Gasteiger partial charge in [-0.2, -0.15) is 0 Å². The van der Waals surface area contributed by atoms with Crippen LogP contribution >= 0.6 is 0 Å². The molecule has 0 aromatic carbocycles. The van der Waals surface area contributed by atoms with Crippen molar-refractivity contribution in [2.75, 3.05) is 39.8 Å². The number of primary amides is 1. The second kappa shape index (κ2) is 14.3. The van der Waals surface area contributed by atoms with Crippen LogP contribution in [-0.4, -0.2) is 114 Å². The Kier molecular flexibility index (Phi) is 10.5. The highest BCUT2D eigenvalue weighted by molar-refractivity contribution is 6.37. The van der Waals surface area contributed by atoms with Crippen LogP contribution in [0.4, 0.5) is 4.79 Å². The van der Waals surface area contributed by atoms with Gasteiger partial charge in [-0.05, 0) is 86.5 Å². The van der Waals surface area contributed by atoms with Crippen molar-refractivity contribution in [1.29, 1.82) is 0 Å². The fourth-order valence-corrected chi connectivity index (χ4v) is 12.1. The molecule has 5 atom stereocenters. The van der Waals surface area contributed by atoms with Crippen LogP contribution in [0.15, 0.2) is 0 Å². The molecule has 12 nitrogen and oxygen atoms in total. The molecule has 2 saturated heterocycles. The van der Waals surface area contributed by atoms with E-state index in [9.17, 15) is 19.2 Å².